The molecule has 1 aromatic rings. The van der Waals surface area contributed by atoms with Gasteiger partial charge < -0.3 is 10.2 Å². The molecule has 0 aromatic carbocycles. The van der Waals surface area contributed by atoms with Crippen LogP contribution in [0.5, 0.6) is 0 Å². The van der Waals surface area contributed by atoms with Gasteiger partial charge in [0.1, 0.15) is 0 Å². The Morgan fingerprint density at radius 3 is 3.05 bits per heavy atom. The summed E-state index contributed by atoms with van der Waals surface area (Å²) in [6.07, 6.45) is 7.85. The van der Waals surface area contributed by atoms with Crippen molar-refractivity contribution in [2.24, 2.45) is 5.92 Å². The molecule has 2 aliphatic rings. The molecule has 0 spiro atoms. The third-order valence-corrected chi connectivity index (χ3v) is 5.84. The van der Waals surface area contributed by atoms with Gasteiger partial charge in [0.2, 0.25) is 0 Å². The van der Waals surface area contributed by atoms with E-state index < -0.39 is 0 Å². The van der Waals surface area contributed by atoms with Gasteiger partial charge in [0.15, 0.2) is 5.13 Å². The van der Waals surface area contributed by atoms with E-state index in [9.17, 15) is 0 Å². The maximum Gasteiger partial charge on any atom is 0.185 e. The molecule has 2 unspecified atom stereocenters. The largest absolute Gasteiger partial charge is 0.348 e. The van der Waals surface area contributed by atoms with Gasteiger partial charge in [-0.05, 0) is 44.6 Å². The summed E-state index contributed by atoms with van der Waals surface area (Å²) in [4.78, 5) is 9.08. The Hall–Kier alpha value is -0.610. The fourth-order valence-electron chi connectivity index (χ4n) is 3.64. The molecular weight excluding hydrogens is 266 g/mol. The van der Waals surface area contributed by atoms with Crippen LogP contribution in [-0.4, -0.2) is 24.6 Å². The summed E-state index contributed by atoms with van der Waals surface area (Å²) in [7, 11) is 0. The molecule has 112 valence electrons. The highest BCUT2D eigenvalue weighted by Gasteiger charge is 2.28. The number of thiazole rings is 1. The van der Waals surface area contributed by atoms with E-state index >= 15 is 0 Å². The molecule has 1 aliphatic carbocycles. The van der Waals surface area contributed by atoms with Gasteiger partial charge in [-0.15, -0.1) is 11.3 Å². The predicted octanol–water partition coefficient (Wildman–Crippen LogP) is 3.76. The number of nitrogens with one attached hydrogen (secondary N) is 1. The van der Waals surface area contributed by atoms with Crippen molar-refractivity contribution >= 4 is 16.5 Å². The van der Waals surface area contributed by atoms with Gasteiger partial charge in [0, 0.05) is 18.0 Å². The number of fused-ring (bicyclic) bond motifs is 1. The van der Waals surface area contributed by atoms with Gasteiger partial charge in [-0.25, -0.2) is 4.98 Å². The highest BCUT2D eigenvalue weighted by Crippen LogP contribution is 2.38. The molecule has 1 aliphatic heterocycles. The quantitative estimate of drug-likeness (QED) is 0.896. The lowest BCUT2D eigenvalue weighted by molar-refractivity contribution is 0.465. The zero-order valence-electron chi connectivity index (χ0n) is 12.8. The van der Waals surface area contributed by atoms with Crippen molar-refractivity contribution in [3.05, 3.63) is 10.6 Å². The van der Waals surface area contributed by atoms with E-state index in [2.05, 4.69) is 24.1 Å². The molecule has 3 nitrogen and oxygen atoms in total. The minimum absolute atomic E-state index is 0.503. The van der Waals surface area contributed by atoms with Crippen LogP contribution >= 0.6 is 11.3 Å². The van der Waals surface area contributed by atoms with Crippen LogP contribution in [0.25, 0.3) is 0 Å². The van der Waals surface area contributed by atoms with E-state index in [-0.39, 0.29) is 0 Å². The molecule has 1 fully saturated rings. The second-order valence-electron chi connectivity index (χ2n) is 6.20. The first-order valence-electron chi connectivity index (χ1n) is 8.29. The number of aryl methyl sites for hydroxylation is 1. The first-order valence-corrected chi connectivity index (χ1v) is 9.11. The Morgan fingerprint density at radius 2 is 2.25 bits per heavy atom. The highest BCUT2D eigenvalue weighted by molar-refractivity contribution is 7.15. The van der Waals surface area contributed by atoms with Crippen LogP contribution in [0.4, 0.5) is 5.13 Å². The van der Waals surface area contributed by atoms with Gasteiger partial charge in [-0.3, -0.25) is 0 Å². The molecule has 2 heterocycles. The average Bonchev–Trinajstić information content (AvgIpc) is 3.06. The maximum atomic E-state index is 5.01. The summed E-state index contributed by atoms with van der Waals surface area (Å²) in [5, 5.41) is 4.89. The summed E-state index contributed by atoms with van der Waals surface area (Å²) < 4.78 is 0. The third-order valence-electron chi connectivity index (χ3n) is 4.65. The minimum atomic E-state index is 0.503. The van der Waals surface area contributed by atoms with E-state index in [1.165, 1.54) is 67.3 Å². The first-order chi connectivity index (χ1) is 9.81. The number of rotatable bonds is 5. The molecule has 4 heteroatoms. The predicted molar refractivity (Wildman–Crippen MR) is 86.7 cm³/mol. The van der Waals surface area contributed by atoms with Crippen LogP contribution < -0.4 is 10.2 Å². The Kier molecular flexibility index (Phi) is 4.61. The highest BCUT2D eigenvalue weighted by atomic mass is 32.1. The fraction of sp³-hybridized carbons (Fsp3) is 0.812. The maximum absolute atomic E-state index is 5.01. The zero-order valence-corrected chi connectivity index (χ0v) is 13.6. The van der Waals surface area contributed by atoms with Crippen LogP contribution in [0.1, 0.15) is 62.6 Å². The van der Waals surface area contributed by atoms with Crippen molar-refractivity contribution in [2.45, 2.75) is 58.4 Å². The summed E-state index contributed by atoms with van der Waals surface area (Å²) >= 11 is 1.96. The van der Waals surface area contributed by atoms with E-state index in [4.69, 9.17) is 4.98 Å². The lowest BCUT2D eigenvalue weighted by Crippen LogP contribution is -2.25. The van der Waals surface area contributed by atoms with Crippen LogP contribution in [0.3, 0.4) is 0 Å². The van der Waals surface area contributed by atoms with E-state index in [0.29, 0.717) is 6.04 Å². The second-order valence-corrected chi connectivity index (χ2v) is 7.26. The number of anilines is 1. The lowest BCUT2D eigenvalue weighted by atomic mass is 9.98. The average molecular weight is 293 g/mol. The molecule has 20 heavy (non-hydrogen) atoms. The second kappa shape index (κ2) is 6.44. The first kappa shape index (κ1) is 14.3. The molecular formula is C16H27N3S. The van der Waals surface area contributed by atoms with Crippen molar-refractivity contribution in [2.75, 3.05) is 24.5 Å². The summed E-state index contributed by atoms with van der Waals surface area (Å²) in [6, 6.07) is 0.503. The Morgan fingerprint density at radius 1 is 1.35 bits per heavy atom. The number of hydrogen-bond donors (Lipinski definition) is 1. The number of aromatic nitrogens is 1. The Labute approximate surface area is 126 Å². The molecule has 2 atom stereocenters. The fourth-order valence-corrected chi connectivity index (χ4v) is 4.83. The van der Waals surface area contributed by atoms with Gasteiger partial charge in [0.25, 0.3) is 0 Å². The van der Waals surface area contributed by atoms with Crippen LogP contribution in [0, 0.1) is 5.92 Å². The van der Waals surface area contributed by atoms with E-state index in [1.807, 2.05) is 11.3 Å². The molecule has 1 aromatic heterocycles. The van der Waals surface area contributed by atoms with E-state index in [0.717, 1.165) is 12.5 Å². The molecule has 0 radical (unpaired) electrons. The van der Waals surface area contributed by atoms with Crippen molar-refractivity contribution in [3.8, 4) is 0 Å². The van der Waals surface area contributed by atoms with Crippen LogP contribution in [0.2, 0.25) is 0 Å². The SMILES string of the molecule is CCCC1CCN(c2nc3c(s2)CCCC3NCC)C1. The standard InChI is InChI=1S/C16H27N3S/c1-3-6-12-9-10-19(11-12)16-18-15-13(17-4-2)7-5-8-14(15)20-16/h12-13,17H,3-11H2,1-2H3. The third kappa shape index (κ3) is 2.86. The Bertz CT molecular complexity index is 443. The van der Waals surface area contributed by atoms with Crippen molar-refractivity contribution in [1.29, 1.82) is 0 Å². The normalized spacial score (nSPS) is 26.0. The van der Waals surface area contributed by atoms with Gasteiger partial charge >= 0.3 is 0 Å². The van der Waals surface area contributed by atoms with Crippen molar-refractivity contribution in [3.63, 3.8) is 0 Å². The molecule has 1 saturated heterocycles. The summed E-state index contributed by atoms with van der Waals surface area (Å²) in [6.45, 7) is 7.97. The van der Waals surface area contributed by atoms with Crippen LogP contribution in [0.15, 0.2) is 0 Å². The molecule has 0 amide bonds. The van der Waals surface area contributed by atoms with Crippen molar-refractivity contribution < 1.29 is 0 Å². The molecule has 0 bridgehead atoms. The lowest BCUT2D eigenvalue weighted by Gasteiger charge is -2.21. The van der Waals surface area contributed by atoms with Gasteiger partial charge in [-0.2, -0.15) is 0 Å². The smallest absolute Gasteiger partial charge is 0.185 e. The monoisotopic (exact) mass is 293 g/mol. The van der Waals surface area contributed by atoms with Gasteiger partial charge in [0.05, 0.1) is 11.7 Å². The van der Waals surface area contributed by atoms with Crippen LogP contribution in [-0.2, 0) is 6.42 Å². The summed E-state index contributed by atoms with van der Waals surface area (Å²) in [5.41, 5.74) is 1.36. The summed E-state index contributed by atoms with van der Waals surface area (Å²) in [5.74, 6) is 0.894. The molecule has 3 rings (SSSR count). The van der Waals surface area contributed by atoms with Crippen molar-refractivity contribution in [1.82, 2.24) is 10.3 Å². The minimum Gasteiger partial charge on any atom is -0.348 e. The zero-order chi connectivity index (χ0) is 13.9. The van der Waals surface area contributed by atoms with Gasteiger partial charge in [-0.1, -0.05) is 20.3 Å². The molecule has 0 saturated carbocycles. The molecule has 1 N–H and O–H groups in total. The number of nitrogens with zero attached hydrogens (tertiary/aromatic N) is 2. The Balaban J connectivity index is 1.73. The number of hydrogen-bond acceptors (Lipinski definition) is 4. The topological polar surface area (TPSA) is 28.2 Å². The van der Waals surface area contributed by atoms with E-state index in [1.54, 1.807) is 0 Å².